The molecule has 0 unspecified atom stereocenters. The Kier molecular flexibility index (Phi) is 3.73. The second-order valence-corrected chi connectivity index (χ2v) is 4.44. The van der Waals surface area contributed by atoms with Gasteiger partial charge in [-0.25, -0.2) is 9.97 Å². The van der Waals surface area contributed by atoms with E-state index in [-0.39, 0.29) is 12.2 Å². The lowest BCUT2D eigenvalue weighted by Crippen LogP contribution is -2.07. The summed E-state index contributed by atoms with van der Waals surface area (Å²) in [6.45, 7) is 0. The number of ketones is 1. The Bertz CT molecular complexity index is 727. The summed E-state index contributed by atoms with van der Waals surface area (Å²) in [5, 5.41) is 0. The Hall–Kier alpha value is -2.95. The Morgan fingerprint density at radius 1 is 0.905 bits per heavy atom. The van der Waals surface area contributed by atoms with Crippen LogP contribution in [-0.2, 0) is 6.42 Å². The zero-order chi connectivity index (χ0) is 14.5. The van der Waals surface area contributed by atoms with Crippen LogP contribution in [-0.4, -0.2) is 25.7 Å². The van der Waals surface area contributed by atoms with Crippen molar-refractivity contribution in [3.63, 3.8) is 0 Å². The Balaban J connectivity index is 1.75. The van der Waals surface area contributed by atoms with E-state index in [2.05, 4.69) is 19.9 Å². The quantitative estimate of drug-likeness (QED) is 0.684. The molecule has 0 aliphatic heterocycles. The molecular weight excluding hydrogens is 264 g/mol. The fourth-order valence-electron chi connectivity index (χ4n) is 1.90. The number of nitrogens with zero attached hydrogens (tertiary/aromatic N) is 4. The highest BCUT2D eigenvalue weighted by atomic mass is 16.1. The van der Waals surface area contributed by atoms with Crippen LogP contribution in [0.15, 0.2) is 61.3 Å². The summed E-state index contributed by atoms with van der Waals surface area (Å²) >= 11 is 0. The average Bonchev–Trinajstić information content (AvgIpc) is 2.57. The summed E-state index contributed by atoms with van der Waals surface area (Å²) in [5.74, 6) is 0.472. The van der Waals surface area contributed by atoms with Gasteiger partial charge in [-0.3, -0.25) is 14.8 Å². The van der Waals surface area contributed by atoms with Gasteiger partial charge < -0.3 is 0 Å². The third kappa shape index (κ3) is 3.14. The average molecular weight is 276 g/mol. The molecule has 3 rings (SSSR count). The molecule has 21 heavy (non-hydrogen) atoms. The SMILES string of the molecule is O=C(Cc1ncc(-c2ccccn2)cn1)c1ccncc1. The minimum absolute atomic E-state index is 0.0250. The summed E-state index contributed by atoms with van der Waals surface area (Å²) in [6, 6.07) is 9.02. The maximum Gasteiger partial charge on any atom is 0.170 e. The van der Waals surface area contributed by atoms with E-state index in [9.17, 15) is 4.79 Å². The van der Waals surface area contributed by atoms with Crippen molar-refractivity contribution in [1.29, 1.82) is 0 Å². The molecular formula is C16H12N4O. The lowest BCUT2D eigenvalue weighted by atomic mass is 10.1. The zero-order valence-corrected chi connectivity index (χ0v) is 11.2. The number of hydrogen-bond acceptors (Lipinski definition) is 5. The molecule has 0 radical (unpaired) electrons. The third-order valence-electron chi connectivity index (χ3n) is 2.99. The molecule has 0 aliphatic carbocycles. The van der Waals surface area contributed by atoms with Gasteiger partial charge in [0.25, 0.3) is 0 Å². The molecule has 0 saturated carbocycles. The van der Waals surface area contributed by atoms with Crippen molar-refractivity contribution in [2.24, 2.45) is 0 Å². The van der Waals surface area contributed by atoms with Gasteiger partial charge in [0, 0.05) is 42.1 Å². The lowest BCUT2D eigenvalue weighted by molar-refractivity contribution is 0.0990. The number of aromatic nitrogens is 4. The van der Waals surface area contributed by atoms with Crippen molar-refractivity contribution in [2.45, 2.75) is 6.42 Å². The number of hydrogen-bond donors (Lipinski definition) is 0. The van der Waals surface area contributed by atoms with Crippen LogP contribution in [0.1, 0.15) is 16.2 Å². The monoisotopic (exact) mass is 276 g/mol. The first kappa shape index (κ1) is 13.1. The molecule has 0 aromatic carbocycles. The lowest BCUT2D eigenvalue weighted by Gasteiger charge is -2.02. The molecule has 0 fully saturated rings. The Morgan fingerprint density at radius 2 is 1.67 bits per heavy atom. The molecule has 5 nitrogen and oxygen atoms in total. The molecule has 0 saturated heterocycles. The van der Waals surface area contributed by atoms with Crippen molar-refractivity contribution < 1.29 is 4.79 Å². The molecule has 0 bridgehead atoms. The predicted molar refractivity (Wildman–Crippen MR) is 77.5 cm³/mol. The molecule has 0 aliphatic rings. The molecule has 0 N–H and O–H groups in total. The summed E-state index contributed by atoms with van der Waals surface area (Å²) in [4.78, 5) is 28.6. The maximum atomic E-state index is 12.0. The highest BCUT2D eigenvalue weighted by Crippen LogP contribution is 2.13. The molecule has 0 atom stereocenters. The predicted octanol–water partition coefficient (Wildman–Crippen LogP) is 2.36. The zero-order valence-electron chi connectivity index (χ0n) is 11.2. The Labute approximate surface area is 121 Å². The van der Waals surface area contributed by atoms with Crippen LogP contribution in [0.5, 0.6) is 0 Å². The summed E-state index contributed by atoms with van der Waals surface area (Å²) in [6.07, 6.45) is 8.45. The Morgan fingerprint density at radius 3 is 2.33 bits per heavy atom. The fourth-order valence-corrected chi connectivity index (χ4v) is 1.90. The molecule has 0 spiro atoms. The third-order valence-corrected chi connectivity index (χ3v) is 2.99. The van der Waals surface area contributed by atoms with Crippen molar-refractivity contribution in [1.82, 2.24) is 19.9 Å². The summed E-state index contributed by atoms with van der Waals surface area (Å²) in [7, 11) is 0. The number of carbonyl (C=O) groups is 1. The number of pyridine rings is 2. The molecule has 0 amide bonds. The van der Waals surface area contributed by atoms with Crippen LogP contribution in [0, 0.1) is 0 Å². The van der Waals surface area contributed by atoms with E-state index < -0.39 is 0 Å². The highest BCUT2D eigenvalue weighted by molar-refractivity contribution is 5.96. The van der Waals surface area contributed by atoms with Crippen molar-refractivity contribution >= 4 is 5.78 Å². The second-order valence-electron chi connectivity index (χ2n) is 4.44. The van der Waals surface area contributed by atoms with Gasteiger partial charge in [-0.05, 0) is 24.3 Å². The van der Waals surface area contributed by atoms with Gasteiger partial charge in [-0.1, -0.05) is 6.07 Å². The number of Topliss-reactive ketones (excluding diaryl/α,β-unsaturated/α-hetero) is 1. The molecule has 102 valence electrons. The van der Waals surface area contributed by atoms with Crippen LogP contribution in [0.4, 0.5) is 0 Å². The molecule has 5 heteroatoms. The van der Waals surface area contributed by atoms with Crippen molar-refractivity contribution in [3.05, 3.63) is 72.7 Å². The van der Waals surface area contributed by atoms with E-state index in [0.29, 0.717) is 11.4 Å². The van der Waals surface area contributed by atoms with E-state index in [4.69, 9.17) is 0 Å². The van der Waals surface area contributed by atoms with Crippen LogP contribution >= 0.6 is 0 Å². The number of carbonyl (C=O) groups excluding carboxylic acids is 1. The van der Waals surface area contributed by atoms with Crippen LogP contribution in [0.3, 0.4) is 0 Å². The van der Waals surface area contributed by atoms with E-state index in [1.54, 1.807) is 43.1 Å². The van der Waals surface area contributed by atoms with Gasteiger partial charge in [0.2, 0.25) is 0 Å². The first-order valence-corrected chi connectivity index (χ1v) is 6.48. The minimum Gasteiger partial charge on any atom is -0.294 e. The van der Waals surface area contributed by atoms with E-state index in [1.807, 2.05) is 18.2 Å². The maximum absolute atomic E-state index is 12.0. The largest absolute Gasteiger partial charge is 0.294 e. The first-order chi connectivity index (χ1) is 10.3. The van der Waals surface area contributed by atoms with E-state index >= 15 is 0 Å². The normalized spacial score (nSPS) is 10.3. The number of rotatable bonds is 4. The van der Waals surface area contributed by atoms with Gasteiger partial charge in [0.05, 0.1) is 12.1 Å². The fraction of sp³-hybridized carbons (Fsp3) is 0.0625. The smallest absolute Gasteiger partial charge is 0.170 e. The van der Waals surface area contributed by atoms with Crippen molar-refractivity contribution in [3.8, 4) is 11.3 Å². The van der Waals surface area contributed by atoms with Crippen molar-refractivity contribution in [2.75, 3.05) is 0 Å². The molecule has 3 aromatic rings. The van der Waals surface area contributed by atoms with Gasteiger partial charge >= 0.3 is 0 Å². The molecule has 3 heterocycles. The standard InChI is InChI=1S/C16H12N4O/c21-15(12-4-7-17-8-5-12)9-16-19-10-13(11-20-16)14-3-1-2-6-18-14/h1-8,10-11H,9H2. The van der Waals surface area contributed by atoms with Gasteiger partial charge in [-0.2, -0.15) is 0 Å². The van der Waals surface area contributed by atoms with E-state index in [0.717, 1.165) is 11.3 Å². The second kappa shape index (κ2) is 6.00. The molecule has 3 aromatic heterocycles. The van der Waals surface area contributed by atoms with Crippen LogP contribution in [0.25, 0.3) is 11.3 Å². The van der Waals surface area contributed by atoms with Gasteiger partial charge in [-0.15, -0.1) is 0 Å². The summed E-state index contributed by atoms with van der Waals surface area (Å²) < 4.78 is 0. The van der Waals surface area contributed by atoms with E-state index in [1.165, 1.54) is 0 Å². The summed E-state index contributed by atoms with van der Waals surface area (Å²) in [5.41, 5.74) is 2.25. The highest BCUT2D eigenvalue weighted by Gasteiger charge is 2.09. The minimum atomic E-state index is -0.0250. The van der Waals surface area contributed by atoms with Crippen LogP contribution in [0.2, 0.25) is 0 Å². The van der Waals surface area contributed by atoms with Gasteiger partial charge in [0.1, 0.15) is 5.82 Å². The first-order valence-electron chi connectivity index (χ1n) is 6.48. The van der Waals surface area contributed by atoms with Gasteiger partial charge in [0.15, 0.2) is 5.78 Å². The van der Waals surface area contributed by atoms with Crippen LogP contribution < -0.4 is 0 Å². The topological polar surface area (TPSA) is 68.6 Å².